The van der Waals surface area contributed by atoms with Crippen molar-refractivity contribution in [1.29, 1.82) is 0 Å². The predicted octanol–water partition coefficient (Wildman–Crippen LogP) is 21.1. The van der Waals surface area contributed by atoms with Gasteiger partial charge in [-0.2, -0.15) is 0 Å². The minimum atomic E-state index is -0.822. The summed E-state index contributed by atoms with van der Waals surface area (Å²) in [5, 5.41) is 0. The Morgan fingerprint density at radius 3 is 0.740 bits per heavy atom. The molecule has 0 bridgehead atoms. The average molecular weight is 1060 g/mol. The van der Waals surface area contributed by atoms with Gasteiger partial charge in [-0.3, -0.25) is 14.4 Å². The lowest BCUT2D eigenvalue weighted by atomic mass is 10.1. The second-order valence-electron chi connectivity index (χ2n) is 19.5. The lowest BCUT2D eigenvalue weighted by Gasteiger charge is -2.18. The summed E-state index contributed by atoms with van der Waals surface area (Å²) < 4.78 is 16.9. The minimum absolute atomic E-state index is 0.114. The molecular formula is C71H110O6. The van der Waals surface area contributed by atoms with E-state index in [0.717, 1.165) is 167 Å². The maximum atomic E-state index is 12.9. The molecule has 0 aliphatic carbocycles. The van der Waals surface area contributed by atoms with E-state index in [1.54, 1.807) is 0 Å². The predicted molar refractivity (Wildman–Crippen MR) is 334 cm³/mol. The first kappa shape index (κ1) is 71.8. The minimum Gasteiger partial charge on any atom is -0.462 e. The lowest BCUT2D eigenvalue weighted by molar-refractivity contribution is -0.167. The number of hydrogen-bond donors (Lipinski definition) is 0. The van der Waals surface area contributed by atoms with Gasteiger partial charge in [0.25, 0.3) is 0 Å². The summed E-state index contributed by atoms with van der Waals surface area (Å²) in [5.74, 6) is -0.988. The SMILES string of the molecule is CC/C=C\C/C=C\C/C=C\C/C=C\C/C=C\C/C=C\CCCCCCC(=O)OCC(COC(=O)CCCCCCCCC/C=C\C/C=C\C/C=C\CC)OC(=O)CCCCC/C=C\C/C=C\C/C=C\C/C=C\C/C=C\CC. The van der Waals surface area contributed by atoms with Gasteiger partial charge in [-0.25, -0.2) is 0 Å². The largest absolute Gasteiger partial charge is 0.462 e. The smallest absolute Gasteiger partial charge is 0.306 e. The number of hydrogen-bond acceptors (Lipinski definition) is 6. The molecule has 0 aromatic heterocycles. The lowest BCUT2D eigenvalue weighted by Crippen LogP contribution is -2.30. The summed E-state index contributed by atoms with van der Waals surface area (Å²) in [6.45, 7) is 6.23. The van der Waals surface area contributed by atoms with Crippen LogP contribution >= 0.6 is 0 Å². The molecule has 0 amide bonds. The highest BCUT2D eigenvalue weighted by Gasteiger charge is 2.19. The Hall–Kier alpha value is -5.23. The van der Waals surface area contributed by atoms with Crippen LogP contribution in [-0.4, -0.2) is 37.2 Å². The van der Waals surface area contributed by atoms with Crippen molar-refractivity contribution in [3.8, 4) is 0 Å². The van der Waals surface area contributed by atoms with E-state index in [9.17, 15) is 14.4 Å². The first-order valence-electron chi connectivity index (χ1n) is 30.6. The Bertz CT molecular complexity index is 1790. The van der Waals surface area contributed by atoms with Crippen LogP contribution in [-0.2, 0) is 28.6 Å². The number of ether oxygens (including phenoxy) is 3. The number of rotatable bonds is 53. The van der Waals surface area contributed by atoms with E-state index in [1.165, 1.54) is 25.7 Å². The average Bonchev–Trinajstić information content (AvgIpc) is 3.43. The fraction of sp³-hybridized carbons (Fsp3) is 0.563. The van der Waals surface area contributed by atoms with Gasteiger partial charge in [-0.05, 0) is 148 Å². The van der Waals surface area contributed by atoms with E-state index in [-0.39, 0.29) is 37.5 Å². The van der Waals surface area contributed by atoms with E-state index in [1.807, 2.05) is 0 Å². The molecule has 6 nitrogen and oxygen atoms in total. The Balaban J connectivity index is 4.55. The number of carbonyl (C=O) groups is 3. The highest BCUT2D eigenvalue weighted by Crippen LogP contribution is 2.13. The number of unbranched alkanes of at least 4 members (excludes halogenated alkanes) is 14. The van der Waals surface area contributed by atoms with Crippen LogP contribution in [0.15, 0.2) is 170 Å². The Kier molecular flexibility index (Phi) is 59.0. The fourth-order valence-electron chi connectivity index (χ4n) is 7.72. The highest BCUT2D eigenvalue weighted by atomic mass is 16.6. The van der Waals surface area contributed by atoms with Crippen LogP contribution in [0.5, 0.6) is 0 Å². The number of allylic oxidation sites excluding steroid dienone is 28. The van der Waals surface area contributed by atoms with Crippen molar-refractivity contribution in [2.75, 3.05) is 13.2 Å². The molecule has 0 aliphatic rings. The molecule has 430 valence electrons. The van der Waals surface area contributed by atoms with Crippen LogP contribution in [0.3, 0.4) is 0 Å². The van der Waals surface area contributed by atoms with Crippen molar-refractivity contribution in [3.63, 3.8) is 0 Å². The summed E-state index contributed by atoms with van der Waals surface area (Å²) in [5.41, 5.74) is 0. The van der Waals surface area contributed by atoms with Crippen LogP contribution in [0.2, 0.25) is 0 Å². The molecule has 77 heavy (non-hydrogen) atoms. The van der Waals surface area contributed by atoms with E-state index < -0.39 is 6.10 Å². The van der Waals surface area contributed by atoms with E-state index in [4.69, 9.17) is 14.2 Å². The van der Waals surface area contributed by atoms with Crippen LogP contribution in [0, 0.1) is 0 Å². The number of esters is 3. The fourth-order valence-corrected chi connectivity index (χ4v) is 7.72. The summed E-state index contributed by atoms with van der Waals surface area (Å²) >= 11 is 0. The molecule has 6 heteroatoms. The first-order valence-corrected chi connectivity index (χ1v) is 30.6. The maximum Gasteiger partial charge on any atom is 0.306 e. The van der Waals surface area contributed by atoms with Gasteiger partial charge in [0, 0.05) is 19.3 Å². The number of carbonyl (C=O) groups excluding carboxylic acids is 3. The normalized spacial score (nSPS) is 13.3. The molecule has 0 fully saturated rings. The molecule has 0 saturated carbocycles. The standard InChI is InChI=1S/C71H110O6/c1-4-7-10-13-16-19-22-25-28-31-33-34-35-36-38-40-43-46-49-52-55-58-61-64-70(73)76-67-68(66-75-69(72)63-60-57-54-51-48-45-42-39-30-27-24-21-18-15-12-9-6-3)77-71(74)65-62-59-56-53-50-47-44-41-37-32-29-26-23-20-17-14-11-8-5-2/h7-12,16-21,25-30,33-34,36-38,41,43,46-47,50,68H,4-6,13-15,22-24,31-32,35,39-40,42,44-45,48-49,51-67H2,1-3H3/b10-7-,11-8-,12-9-,19-16-,20-17-,21-18-,28-25-,29-26-,30-27-,34-33-,38-36-,41-37-,46-43-,50-47-. The molecule has 0 aromatic rings. The van der Waals surface area contributed by atoms with Crippen LogP contribution in [0.4, 0.5) is 0 Å². The third kappa shape index (κ3) is 61.5. The summed E-state index contributed by atoms with van der Waals surface area (Å²) in [7, 11) is 0. The van der Waals surface area contributed by atoms with E-state index in [0.29, 0.717) is 19.3 Å². The molecule has 0 rings (SSSR count). The monoisotopic (exact) mass is 1060 g/mol. The molecule has 1 atom stereocenters. The van der Waals surface area contributed by atoms with E-state index >= 15 is 0 Å². The highest BCUT2D eigenvalue weighted by molar-refractivity contribution is 5.71. The molecular weight excluding hydrogens is 949 g/mol. The van der Waals surface area contributed by atoms with Gasteiger partial charge < -0.3 is 14.2 Å². The second-order valence-corrected chi connectivity index (χ2v) is 19.5. The zero-order chi connectivity index (χ0) is 55.7. The van der Waals surface area contributed by atoms with Gasteiger partial charge in [-0.15, -0.1) is 0 Å². The molecule has 0 spiro atoms. The van der Waals surface area contributed by atoms with Crippen molar-refractivity contribution in [1.82, 2.24) is 0 Å². The Labute approximate surface area is 472 Å². The molecule has 1 unspecified atom stereocenters. The topological polar surface area (TPSA) is 78.9 Å². The van der Waals surface area contributed by atoms with Crippen molar-refractivity contribution in [2.24, 2.45) is 0 Å². The molecule has 0 heterocycles. The molecule has 0 aliphatic heterocycles. The zero-order valence-corrected chi connectivity index (χ0v) is 49.1. The third-order valence-electron chi connectivity index (χ3n) is 12.2. The third-order valence-corrected chi connectivity index (χ3v) is 12.2. The first-order chi connectivity index (χ1) is 38.0. The summed E-state index contributed by atoms with van der Waals surface area (Å²) in [6, 6.07) is 0. The molecule has 0 saturated heterocycles. The van der Waals surface area contributed by atoms with Gasteiger partial charge in [0.2, 0.25) is 0 Å². The summed E-state index contributed by atoms with van der Waals surface area (Å²) in [4.78, 5) is 38.3. The van der Waals surface area contributed by atoms with Gasteiger partial charge in [-0.1, -0.05) is 242 Å². The van der Waals surface area contributed by atoms with Gasteiger partial charge in [0.1, 0.15) is 13.2 Å². The second kappa shape index (κ2) is 63.3. The van der Waals surface area contributed by atoms with E-state index in [2.05, 4.69) is 191 Å². The van der Waals surface area contributed by atoms with Gasteiger partial charge in [0.05, 0.1) is 0 Å². The summed E-state index contributed by atoms with van der Waals surface area (Å²) in [6.07, 6.45) is 93.4. The van der Waals surface area contributed by atoms with Gasteiger partial charge in [0.15, 0.2) is 6.10 Å². The molecule has 0 radical (unpaired) electrons. The van der Waals surface area contributed by atoms with Crippen LogP contribution in [0.1, 0.15) is 239 Å². The maximum absolute atomic E-state index is 12.9. The van der Waals surface area contributed by atoms with Crippen molar-refractivity contribution >= 4 is 17.9 Å². The Morgan fingerprint density at radius 1 is 0.260 bits per heavy atom. The van der Waals surface area contributed by atoms with Crippen molar-refractivity contribution in [3.05, 3.63) is 170 Å². The zero-order valence-electron chi connectivity index (χ0n) is 49.1. The quantitative estimate of drug-likeness (QED) is 0.0261. The van der Waals surface area contributed by atoms with Crippen molar-refractivity contribution < 1.29 is 28.6 Å². The molecule has 0 aromatic carbocycles. The molecule has 0 N–H and O–H groups in total. The van der Waals surface area contributed by atoms with Gasteiger partial charge >= 0.3 is 17.9 Å². The van der Waals surface area contributed by atoms with Crippen LogP contribution < -0.4 is 0 Å². The Morgan fingerprint density at radius 2 is 0.468 bits per heavy atom. The van der Waals surface area contributed by atoms with Crippen LogP contribution in [0.25, 0.3) is 0 Å². The van der Waals surface area contributed by atoms with Crippen molar-refractivity contribution in [2.45, 2.75) is 245 Å².